The average Bonchev–Trinajstić information content (AvgIpc) is 3.03. The van der Waals surface area contributed by atoms with Crippen molar-refractivity contribution in [2.24, 2.45) is 5.92 Å². The summed E-state index contributed by atoms with van der Waals surface area (Å²) in [5.74, 6) is 1.16. The van der Waals surface area contributed by atoms with Gasteiger partial charge in [-0.05, 0) is 24.5 Å². The monoisotopic (exact) mass is 359 g/mol. The van der Waals surface area contributed by atoms with Crippen LogP contribution in [-0.2, 0) is 11.3 Å². The predicted octanol–water partition coefficient (Wildman–Crippen LogP) is 1.93. The van der Waals surface area contributed by atoms with Gasteiger partial charge in [0.25, 0.3) is 5.56 Å². The van der Waals surface area contributed by atoms with Gasteiger partial charge in [-0.15, -0.1) is 10.2 Å². The molecule has 0 aliphatic carbocycles. The van der Waals surface area contributed by atoms with Crippen molar-refractivity contribution in [1.29, 1.82) is 0 Å². The van der Waals surface area contributed by atoms with Crippen LogP contribution in [0.25, 0.3) is 16.7 Å². The van der Waals surface area contributed by atoms with Gasteiger partial charge in [0.1, 0.15) is 0 Å². The molecule has 0 saturated heterocycles. The number of fused-ring (bicyclic) bond motifs is 3. The van der Waals surface area contributed by atoms with Crippen LogP contribution in [0.2, 0.25) is 0 Å². The van der Waals surface area contributed by atoms with Gasteiger partial charge in [-0.1, -0.05) is 37.7 Å². The number of hydrogen-bond acceptors (Lipinski definition) is 5. The van der Waals surface area contributed by atoms with E-state index in [1.807, 2.05) is 28.7 Å². The quantitative estimate of drug-likeness (QED) is 0.680. The first-order valence-corrected chi connectivity index (χ1v) is 9.21. The summed E-state index contributed by atoms with van der Waals surface area (Å²) in [6.45, 7) is 4.83. The molecule has 3 rings (SSSR count). The van der Waals surface area contributed by atoms with Crippen molar-refractivity contribution in [2.75, 3.05) is 12.8 Å². The first-order valence-electron chi connectivity index (χ1n) is 8.23. The summed E-state index contributed by atoms with van der Waals surface area (Å²) in [6, 6.07) is 7.43. The Labute approximate surface area is 149 Å². The Kier molecular flexibility index (Phi) is 5.08. The number of nitrogens with zero attached hydrogens (tertiary/aromatic N) is 4. The number of aryl methyl sites for hydroxylation is 1. The fourth-order valence-corrected chi connectivity index (χ4v) is 3.43. The first kappa shape index (κ1) is 17.5. The summed E-state index contributed by atoms with van der Waals surface area (Å²) in [6.07, 6.45) is 0.876. The molecule has 8 heteroatoms. The molecule has 25 heavy (non-hydrogen) atoms. The lowest BCUT2D eigenvalue weighted by Gasteiger charge is -2.12. The molecule has 2 aromatic heterocycles. The molecule has 1 N–H and O–H groups in total. The third kappa shape index (κ3) is 3.39. The zero-order valence-corrected chi connectivity index (χ0v) is 15.3. The van der Waals surface area contributed by atoms with Crippen LogP contribution in [0, 0.1) is 5.92 Å². The highest BCUT2D eigenvalue weighted by atomic mass is 32.2. The summed E-state index contributed by atoms with van der Waals surface area (Å²) in [5, 5.41) is 12.3. The smallest absolute Gasteiger partial charge is 0.262 e. The highest BCUT2D eigenvalue weighted by Crippen LogP contribution is 2.21. The number of amides is 1. The molecule has 0 saturated carbocycles. The largest absolute Gasteiger partial charge is 0.358 e. The number of para-hydroxylation sites is 1. The van der Waals surface area contributed by atoms with Gasteiger partial charge in [0.15, 0.2) is 5.16 Å². The van der Waals surface area contributed by atoms with Gasteiger partial charge in [-0.3, -0.25) is 18.6 Å². The van der Waals surface area contributed by atoms with E-state index >= 15 is 0 Å². The lowest BCUT2D eigenvalue weighted by molar-refractivity contribution is -0.118. The molecule has 0 aliphatic heterocycles. The highest BCUT2D eigenvalue weighted by Gasteiger charge is 2.17. The van der Waals surface area contributed by atoms with E-state index in [0.29, 0.717) is 28.8 Å². The summed E-state index contributed by atoms with van der Waals surface area (Å²) in [5.41, 5.74) is 0.701. The molecule has 0 atom stereocenters. The number of hydrogen-bond donors (Lipinski definition) is 1. The number of carbonyl (C=O) groups is 1. The Morgan fingerprint density at radius 3 is 2.76 bits per heavy atom. The molecule has 0 fully saturated rings. The van der Waals surface area contributed by atoms with E-state index < -0.39 is 0 Å². The molecular formula is C17H21N5O2S. The van der Waals surface area contributed by atoms with Crippen molar-refractivity contribution in [2.45, 2.75) is 32.0 Å². The SMILES string of the molecule is CNC(=O)CSc1nnc2n(CCC(C)C)c(=O)c3ccccc3n12. The third-order valence-corrected chi connectivity index (χ3v) is 4.95. The predicted molar refractivity (Wildman–Crippen MR) is 99.0 cm³/mol. The van der Waals surface area contributed by atoms with Gasteiger partial charge in [-0.2, -0.15) is 0 Å². The highest BCUT2D eigenvalue weighted by molar-refractivity contribution is 7.99. The molecule has 1 aromatic carbocycles. The van der Waals surface area contributed by atoms with Gasteiger partial charge < -0.3 is 5.32 Å². The van der Waals surface area contributed by atoms with Crippen LogP contribution in [-0.4, -0.2) is 37.9 Å². The molecule has 0 radical (unpaired) electrons. The first-order chi connectivity index (χ1) is 12.0. The summed E-state index contributed by atoms with van der Waals surface area (Å²) in [7, 11) is 1.60. The fourth-order valence-electron chi connectivity index (χ4n) is 2.62. The van der Waals surface area contributed by atoms with Crippen LogP contribution in [0.3, 0.4) is 0 Å². The molecule has 3 aromatic rings. The Morgan fingerprint density at radius 1 is 1.28 bits per heavy atom. The lowest BCUT2D eigenvalue weighted by Crippen LogP contribution is -2.24. The van der Waals surface area contributed by atoms with Crippen LogP contribution in [0.1, 0.15) is 20.3 Å². The Morgan fingerprint density at radius 2 is 2.04 bits per heavy atom. The molecule has 0 aliphatic rings. The standard InChI is InChI=1S/C17H21N5O2S/c1-11(2)8-9-21-15(24)12-6-4-5-7-13(12)22-16(21)19-20-17(22)25-10-14(23)18-3/h4-7,11H,8-10H2,1-3H3,(H,18,23). The van der Waals surface area contributed by atoms with Gasteiger partial charge in [0.2, 0.25) is 11.7 Å². The van der Waals surface area contributed by atoms with E-state index in [-0.39, 0.29) is 17.2 Å². The summed E-state index contributed by atoms with van der Waals surface area (Å²) < 4.78 is 3.55. The van der Waals surface area contributed by atoms with Crippen LogP contribution < -0.4 is 10.9 Å². The van der Waals surface area contributed by atoms with Crippen LogP contribution in [0.5, 0.6) is 0 Å². The van der Waals surface area contributed by atoms with Crippen LogP contribution in [0.15, 0.2) is 34.2 Å². The van der Waals surface area contributed by atoms with Crippen molar-refractivity contribution in [3.05, 3.63) is 34.6 Å². The number of thioether (sulfide) groups is 1. The second-order valence-electron chi connectivity index (χ2n) is 6.24. The van der Waals surface area contributed by atoms with E-state index in [4.69, 9.17) is 0 Å². The minimum atomic E-state index is -0.0841. The second kappa shape index (κ2) is 7.26. The normalized spacial score (nSPS) is 11.5. The van der Waals surface area contributed by atoms with Crippen molar-refractivity contribution in [3.63, 3.8) is 0 Å². The number of benzene rings is 1. The molecule has 0 bridgehead atoms. The average molecular weight is 359 g/mol. The Balaban J connectivity index is 2.18. The number of rotatable bonds is 6. The molecule has 1 amide bonds. The van der Waals surface area contributed by atoms with E-state index in [9.17, 15) is 9.59 Å². The second-order valence-corrected chi connectivity index (χ2v) is 7.18. The molecule has 0 spiro atoms. The molecule has 7 nitrogen and oxygen atoms in total. The Hall–Kier alpha value is -2.35. The summed E-state index contributed by atoms with van der Waals surface area (Å²) >= 11 is 1.30. The summed E-state index contributed by atoms with van der Waals surface area (Å²) in [4.78, 5) is 24.4. The van der Waals surface area contributed by atoms with Crippen molar-refractivity contribution in [3.8, 4) is 0 Å². The Bertz CT molecular complexity index is 976. The minimum Gasteiger partial charge on any atom is -0.358 e. The topological polar surface area (TPSA) is 81.3 Å². The van der Waals surface area contributed by atoms with E-state index in [1.54, 1.807) is 11.6 Å². The molecule has 2 heterocycles. The van der Waals surface area contributed by atoms with Crippen molar-refractivity contribution < 1.29 is 4.79 Å². The molecule has 132 valence electrons. The third-order valence-electron chi connectivity index (χ3n) is 4.02. The van der Waals surface area contributed by atoms with Gasteiger partial charge in [0, 0.05) is 13.6 Å². The van der Waals surface area contributed by atoms with E-state index in [1.165, 1.54) is 11.8 Å². The zero-order valence-electron chi connectivity index (χ0n) is 14.5. The minimum absolute atomic E-state index is 0.0565. The van der Waals surface area contributed by atoms with E-state index in [0.717, 1.165) is 11.9 Å². The van der Waals surface area contributed by atoms with Crippen molar-refractivity contribution in [1.82, 2.24) is 24.5 Å². The maximum atomic E-state index is 12.9. The van der Waals surface area contributed by atoms with Crippen LogP contribution in [0.4, 0.5) is 0 Å². The molecular weight excluding hydrogens is 338 g/mol. The zero-order chi connectivity index (χ0) is 18.0. The fraction of sp³-hybridized carbons (Fsp3) is 0.412. The van der Waals surface area contributed by atoms with Crippen LogP contribution >= 0.6 is 11.8 Å². The van der Waals surface area contributed by atoms with Gasteiger partial charge in [0.05, 0.1) is 16.7 Å². The van der Waals surface area contributed by atoms with Crippen molar-refractivity contribution >= 4 is 34.3 Å². The number of nitrogens with one attached hydrogen (secondary N) is 1. The maximum Gasteiger partial charge on any atom is 0.262 e. The lowest BCUT2D eigenvalue weighted by atomic mass is 10.1. The number of aromatic nitrogens is 4. The molecule has 0 unspecified atom stereocenters. The number of carbonyl (C=O) groups excluding carboxylic acids is 1. The van der Waals surface area contributed by atoms with Gasteiger partial charge >= 0.3 is 0 Å². The maximum absolute atomic E-state index is 12.9. The van der Waals surface area contributed by atoms with Gasteiger partial charge in [-0.25, -0.2) is 0 Å². The van der Waals surface area contributed by atoms with E-state index in [2.05, 4.69) is 29.4 Å².